The SMILES string of the molecule is COc1cc2nc(C3CC3)nc(N3CCC(c4ccccc4)C3)c2cc1OC. The molecule has 2 heterocycles. The van der Waals surface area contributed by atoms with Crippen LogP contribution in [0, 0.1) is 0 Å². The van der Waals surface area contributed by atoms with Crippen LogP contribution in [0.1, 0.15) is 42.5 Å². The van der Waals surface area contributed by atoms with Crippen LogP contribution in [-0.2, 0) is 0 Å². The second kappa shape index (κ2) is 6.97. The highest BCUT2D eigenvalue weighted by atomic mass is 16.5. The van der Waals surface area contributed by atoms with Gasteiger partial charge >= 0.3 is 0 Å². The standard InChI is InChI=1S/C23H25N3O2/c1-27-20-12-18-19(13-21(20)28-2)24-22(16-8-9-16)25-23(18)26-11-10-17(14-26)15-6-4-3-5-7-15/h3-7,12-13,16-17H,8-11,14H2,1-2H3. The number of methoxy groups -OCH3 is 2. The van der Waals surface area contributed by atoms with Gasteiger partial charge in [0.1, 0.15) is 11.6 Å². The van der Waals surface area contributed by atoms with Gasteiger partial charge in [-0.1, -0.05) is 30.3 Å². The van der Waals surface area contributed by atoms with Crippen LogP contribution >= 0.6 is 0 Å². The molecule has 1 aromatic heterocycles. The number of anilines is 1. The summed E-state index contributed by atoms with van der Waals surface area (Å²) in [6, 6.07) is 14.8. The minimum atomic E-state index is 0.503. The lowest BCUT2D eigenvalue weighted by atomic mass is 9.99. The molecule has 0 N–H and O–H groups in total. The molecule has 0 spiro atoms. The third kappa shape index (κ3) is 3.05. The summed E-state index contributed by atoms with van der Waals surface area (Å²) in [6.07, 6.45) is 3.51. The molecule has 0 radical (unpaired) electrons. The summed E-state index contributed by atoms with van der Waals surface area (Å²) in [5.41, 5.74) is 2.35. The Labute approximate surface area is 165 Å². The van der Waals surface area contributed by atoms with Crippen LogP contribution in [0.25, 0.3) is 10.9 Å². The maximum atomic E-state index is 5.54. The average molecular weight is 375 g/mol. The number of nitrogens with zero attached hydrogens (tertiary/aromatic N) is 3. The smallest absolute Gasteiger partial charge is 0.162 e. The molecule has 1 unspecified atom stereocenters. The molecule has 5 nitrogen and oxygen atoms in total. The summed E-state index contributed by atoms with van der Waals surface area (Å²) in [5, 5.41) is 1.04. The summed E-state index contributed by atoms with van der Waals surface area (Å²) < 4.78 is 11.0. The maximum absolute atomic E-state index is 5.54. The van der Waals surface area contributed by atoms with E-state index in [4.69, 9.17) is 19.4 Å². The maximum Gasteiger partial charge on any atom is 0.162 e. The van der Waals surface area contributed by atoms with Crippen LogP contribution in [0.2, 0.25) is 0 Å². The van der Waals surface area contributed by atoms with Gasteiger partial charge in [-0.15, -0.1) is 0 Å². The van der Waals surface area contributed by atoms with E-state index in [2.05, 4.69) is 35.2 Å². The van der Waals surface area contributed by atoms with Crippen LogP contribution in [0.3, 0.4) is 0 Å². The Bertz CT molecular complexity index is 1000. The first-order valence-electron chi connectivity index (χ1n) is 10.0. The van der Waals surface area contributed by atoms with Crippen molar-refractivity contribution in [2.24, 2.45) is 0 Å². The Balaban J connectivity index is 1.57. The molecule has 3 aromatic rings. The van der Waals surface area contributed by atoms with E-state index in [1.807, 2.05) is 12.1 Å². The molecule has 1 aliphatic heterocycles. The molecule has 0 amide bonds. The van der Waals surface area contributed by atoms with Gasteiger partial charge < -0.3 is 14.4 Å². The number of fused-ring (bicyclic) bond motifs is 1. The molecule has 1 saturated carbocycles. The lowest BCUT2D eigenvalue weighted by molar-refractivity contribution is 0.355. The van der Waals surface area contributed by atoms with E-state index in [9.17, 15) is 0 Å². The van der Waals surface area contributed by atoms with Crippen molar-refractivity contribution in [3.63, 3.8) is 0 Å². The molecule has 1 atom stereocenters. The highest BCUT2D eigenvalue weighted by molar-refractivity contribution is 5.92. The zero-order chi connectivity index (χ0) is 19.1. The van der Waals surface area contributed by atoms with Crippen molar-refractivity contribution < 1.29 is 9.47 Å². The second-order valence-corrected chi connectivity index (χ2v) is 7.75. The van der Waals surface area contributed by atoms with Crippen molar-refractivity contribution in [1.29, 1.82) is 0 Å². The van der Waals surface area contributed by atoms with Gasteiger partial charge in [-0.3, -0.25) is 0 Å². The van der Waals surface area contributed by atoms with Crippen molar-refractivity contribution in [3.05, 3.63) is 53.9 Å². The number of aromatic nitrogens is 2. The van der Waals surface area contributed by atoms with E-state index >= 15 is 0 Å². The molecule has 2 aliphatic rings. The van der Waals surface area contributed by atoms with Crippen LogP contribution in [0.5, 0.6) is 11.5 Å². The Morgan fingerprint density at radius 1 is 0.893 bits per heavy atom. The molecule has 1 saturated heterocycles. The molecule has 1 aliphatic carbocycles. The van der Waals surface area contributed by atoms with Gasteiger partial charge in [-0.2, -0.15) is 0 Å². The minimum absolute atomic E-state index is 0.503. The topological polar surface area (TPSA) is 47.5 Å². The molecular formula is C23H25N3O2. The molecule has 2 fully saturated rings. The summed E-state index contributed by atoms with van der Waals surface area (Å²) in [5.74, 6) is 4.48. The molecule has 28 heavy (non-hydrogen) atoms. The molecule has 0 bridgehead atoms. The van der Waals surface area contributed by atoms with Gasteiger partial charge in [0.25, 0.3) is 0 Å². The van der Waals surface area contributed by atoms with E-state index in [0.29, 0.717) is 17.6 Å². The lowest BCUT2D eigenvalue weighted by Gasteiger charge is -2.21. The average Bonchev–Trinajstić information content (AvgIpc) is 3.49. The fourth-order valence-corrected chi connectivity index (χ4v) is 4.17. The van der Waals surface area contributed by atoms with Gasteiger partial charge in [0, 0.05) is 36.4 Å². The highest BCUT2D eigenvalue weighted by Crippen LogP contribution is 2.42. The van der Waals surface area contributed by atoms with Crippen LogP contribution in [-0.4, -0.2) is 37.3 Å². The quantitative estimate of drug-likeness (QED) is 0.656. The normalized spacial score (nSPS) is 19.2. The number of hydrogen-bond donors (Lipinski definition) is 0. The number of rotatable bonds is 5. The Morgan fingerprint density at radius 3 is 2.36 bits per heavy atom. The fourth-order valence-electron chi connectivity index (χ4n) is 4.17. The predicted molar refractivity (Wildman–Crippen MR) is 111 cm³/mol. The largest absolute Gasteiger partial charge is 0.493 e. The van der Waals surface area contributed by atoms with Gasteiger partial charge in [-0.25, -0.2) is 9.97 Å². The first-order chi connectivity index (χ1) is 13.8. The van der Waals surface area contributed by atoms with E-state index in [0.717, 1.165) is 47.8 Å². The Kier molecular flexibility index (Phi) is 4.30. The Morgan fingerprint density at radius 2 is 1.64 bits per heavy atom. The van der Waals surface area contributed by atoms with E-state index in [1.165, 1.54) is 18.4 Å². The monoisotopic (exact) mass is 375 g/mol. The molecule has 144 valence electrons. The van der Waals surface area contributed by atoms with Gasteiger partial charge in [0.05, 0.1) is 19.7 Å². The van der Waals surface area contributed by atoms with Gasteiger partial charge in [0.15, 0.2) is 11.5 Å². The first-order valence-corrected chi connectivity index (χ1v) is 10.0. The highest BCUT2D eigenvalue weighted by Gasteiger charge is 2.31. The van der Waals surface area contributed by atoms with Crippen LogP contribution in [0.4, 0.5) is 5.82 Å². The molecule has 5 rings (SSSR count). The van der Waals surface area contributed by atoms with Crippen LogP contribution < -0.4 is 14.4 Å². The summed E-state index contributed by atoms with van der Waals surface area (Å²) >= 11 is 0. The number of hydrogen-bond acceptors (Lipinski definition) is 5. The summed E-state index contributed by atoms with van der Waals surface area (Å²) in [6.45, 7) is 1.98. The second-order valence-electron chi connectivity index (χ2n) is 7.75. The van der Waals surface area contributed by atoms with E-state index in [1.54, 1.807) is 14.2 Å². The fraction of sp³-hybridized carbons (Fsp3) is 0.391. The summed E-state index contributed by atoms with van der Waals surface area (Å²) in [7, 11) is 3.34. The molecule has 2 aromatic carbocycles. The zero-order valence-corrected chi connectivity index (χ0v) is 16.4. The molecular weight excluding hydrogens is 350 g/mol. The zero-order valence-electron chi connectivity index (χ0n) is 16.4. The Hall–Kier alpha value is -2.82. The van der Waals surface area contributed by atoms with Crippen molar-refractivity contribution in [2.75, 3.05) is 32.2 Å². The first kappa shape index (κ1) is 17.3. The van der Waals surface area contributed by atoms with Crippen molar-refractivity contribution in [1.82, 2.24) is 9.97 Å². The van der Waals surface area contributed by atoms with Crippen molar-refractivity contribution in [3.8, 4) is 11.5 Å². The third-order valence-corrected chi connectivity index (χ3v) is 5.90. The lowest BCUT2D eigenvalue weighted by Crippen LogP contribution is -2.21. The van der Waals surface area contributed by atoms with Crippen LogP contribution in [0.15, 0.2) is 42.5 Å². The number of ether oxygens (including phenoxy) is 2. The molecule has 5 heteroatoms. The van der Waals surface area contributed by atoms with Crippen molar-refractivity contribution in [2.45, 2.75) is 31.1 Å². The van der Waals surface area contributed by atoms with Crippen molar-refractivity contribution >= 4 is 16.7 Å². The number of benzene rings is 2. The summed E-state index contributed by atoms with van der Waals surface area (Å²) in [4.78, 5) is 12.3. The minimum Gasteiger partial charge on any atom is -0.493 e. The van der Waals surface area contributed by atoms with E-state index in [-0.39, 0.29) is 0 Å². The van der Waals surface area contributed by atoms with E-state index < -0.39 is 0 Å². The van der Waals surface area contributed by atoms with Gasteiger partial charge in [-0.05, 0) is 30.9 Å². The third-order valence-electron chi connectivity index (χ3n) is 5.90. The van der Waals surface area contributed by atoms with Gasteiger partial charge in [0.2, 0.25) is 0 Å². The predicted octanol–water partition coefficient (Wildman–Crippen LogP) is 4.52.